The maximum Gasteiger partial charge on any atom is 0.117 e. The topological polar surface area (TPSA) is 50.3 Å². The lowest BCUT2D eigenvalue weighted by atomic mass is 9.68. The molecule has 0 saturated heterocycles. The number of benzene rings is 2. The van der Waals surface area contributed by atoms with Crippen molar-refractivity contribution in [2.75, 3.05) is 7.11 Å². The molecule has 2 aromatic carbocycles. The molecule has 4 heteroatoms. The number of H-pyrrole nitrogens is 1. The molecule has 3 aromatic rings. The first kappa shape index (κ1) is 17.9. The number of oxime groups is 1. The third-order valence-electron chi connectivity index (χ3n) is 6.37. The van der Waals surface area contributed by atoms with Crippen LogP contribution < -0.4 is 0 Å². The van der Waals surface area contributed by atoms with Gasteiger partial charge in [0.15, 0.2) is 0 Å². The summed E-state index contributed by atoms with van der Waals surface area (Å²) in [6.45, 7) is 0. The number of rotatable bonds is 5. The molecule has 0 atom stereocenters. The minimum Gasteiger partial charge on any atom is -0.399 e. The van der Waals surface area contributed by atoms with E-state index in [9.17, 15) is 0 Å². The molecule has 0 radical (unpaired) electrons. The summed E-state index contributed by atoms with van der Waals surface area (Å²) >= 11 is 0. The number of aromatic nitrogens is 2. The van der Waals surface area contributed by atoms with Gasteiger partial charge in [0.25, 0.3) is 0 Å². The smallest absolute Gasteiger partial charge is 0.117 e. The summed E-state index contributed by atoms with van der Waals surface area (Å²) in [4.78, 5) is 5.17. The lowest BCUT2D eigenvalue weighted by Gasteiger charge is -2.34. The number of hydrogen-bond acceptors (Lipinski definition) is 3. The molecule has 2 aliphatic rings. The van der Waals surface area contributed by atoms with Crippen LogP contribution in [0.15, 0.2) is 71.9 Å². The third kappa shape index (κ3) is 3.00. The van der Waals surface area contributed by atoms with E-state index in [1.807, 2.05) is 0 Å². The molecule has 0 bridgehead atoms. The largest absolute Gasteiger partial charge is 0.399 e. The van der Waals surface area contributed by atoms with Crippen molar-refractivity contribution >= 4 is 11.8 Å². The molecule has 1 saturated carbocycles. The van der Waals surface area contributed by atoms with Gasteiger partial charge in [-0.15, -0.1) is 0 Å². The van der Waals surface area contributed by atoms with Gasteiger partial charge in [-0.1, -0.05) is 84.4 Å². The normalized spacial score (nSPS) is 18.2. The van der Waals surface area contributed by atoms with Crippen molar-refractivity contribution in [3.05, 3.63) is 94.8 Å². The Labute approximate surface area is 171 Å². The van der Waals surface area contributed by atoms with Crippen molar-refractivity contribution in [2.45, 2.75) is 31.1 Å². The zero-order valence-corrected chi connectivity index (χ0v) is 16.6. The van der Waals surface area contributed by atoms with Gasteiger partial charge < -0.3 is 4.84 Å². The summed E-state index contributed by atoms with van der Waals surface area (Å²) in [6.07, 6.45) is 8.97. The maximum atomic E-state index is 5.17. The van der Waals surface area contributed by atoms with Crippen molar-refractivity contribution in [3.63, 3.8) is 0 Å². The van der Waals surface area contributed by atoms with Crippen LogP contribution in [-0.4, -0.2) is 23.0 Å². The highest BCUT2D eigenvalue weighted by molar-refractivity contribution is 6.04. The molecular weight excluding hydrogens is 358 g/mol. The van der Waals surface area contributed by atoms with Gasteiger partial charge in [0, 0.05) is 29.0 Å². The molecule has 2 aliphatic carbocycles. The van der Waals surface area contributed by atoms with Crippen LogP contribution in [0.3, 0.4) is 0 Å². The van der Waals surface area contributed by atoms with E-state index in [-0.39, 0.29) is 5.41 Å². The van der Waals surface area contributed by atoms with E-state index in [4.69, 9.17) is 4.84 Å². The van der Waals surface area contributed by atoms with Crippen LogP contribution in [0.2, 0.25) is 0 Å². The molecule has 1 heterocycles. The molecule has 0 spiro atoms. The van der Waals surface area contributed by atoms with Crippen molar-refractivity contribution < 1.29 is 4.84 Å². The van der Waals surface area contributed by atoms with Crippen LogP contribution in [0.1, 0.15) is 47.3 Å². The highest BCUT2D eigenvalue weighted by atomic mass is 16.6. The van der Waals surface area contributed by atoms with E-state index in [1.165, 1.54) is 17.5 Å². The summed E-state index contributed by atoms with van der Waals surface area (Å²) in [5, 5.41) is 12.4. The Kier molecular flexibility index (Phi) is 4.55. The van der Waals surface area contributed by atoms with Gasteiger partial charge in [-0.05, 0) is 24.0 Å². The molecule has 146 valence electrons. The molecule has 1 aromatic heterocycles. The minimum absolute atomic E-state index is 0.214. The fourth-order valence-corrected chi connectivity index (χ4v) is 4.59. The third-order valence-corrected chi connectivity index (χ3v) is 6.37. The fraction of sp³-hybridized carbons (Fsp3) is 0.280. The van der Waals surface area contributed by atoms with Crippen LogP contribution in [0.25, 0.3) is 6.08 Å². The Hall–Kier alpha value is -3.14. The van der Waals surface area contributed by atoms with Crippen LogP contribution in [-0.2, 0) is 16.7 Å². The molecule has 29 heavy (non-hydrogen) atoms. The molecule has 1 fully saturated rings. The second-order valence-electron chi connectivity index (χ2n) is 7.96. The van der Waals surface area contributed by atoms with Crippen molar-refractivity contribution in [1.82, 2.24) is 10.2 Å². The monoisotopic (exact) mass is 383 g/mol. The molecule has 5 rings (SSSR count). The van der Waals surface area contributed by atoms with Gasteiger partial charge in [-0.25, -0.2) is 0 Å². The average Bonchev–Trinajstić information content (AvgIpc) is 3.16. The first-order chi connectivity index (χ1) is 14.3. The number of nitrogens with one attached hydrogen (secondary N) is 1. The van der Waals surface area contributed by atoms with Gasteiger partial charge in [-0.2, -0.15) is 5.10 Å². The SMILES string of the molecule is CON=C(c1n[nH]c2c1C=CC(c1ccccc1)(c1ccccc1)C2)C1CCC1. The quantitative estimate of drug-likeness (QED) is 0.491. The Balaban J connectivity index is 1.60. The van der Waals surface area contributed by atoms with E-state index in [0.717, 1.165) is 41.9 Å². The van der Waals surface area contributed by atoms with Crippen LogP contribution >= 0.6 is 0 Å². The first-order valence-electron chi connectivity index (χ1n) is 10.3. The summed E-state index contributed by atoms with van der Waals surface area (Å²) < 4.78 is 0. The maximum absolute atomic E-state index is 5.17. The predicted molar refractivity (Wildman–Crippen MR) is 116 cm³/mol. The fourth-order valence-electron chi connectivity index (χ4n) is 4.59. The zero-order valence-electron chi connectivity index (χ0n) is 16.6. The molecule has 1 N–H and O–H groups in total. The second kappa shape index (κ2) is 7.36. The lowest BCUT2D eigenvalue weighted by molar-refractivity contribution is 0.208. The first-order valence-corrected chi connectivity index (χ1v) is 10.3. The van der Waals surface area contributed by atoms with E-state index < -0.39 is 0 Å². The number of hydrogen-bond donors (Lipinski definition) is 1. The van der Waals surface area contributed by atoms with E-state index in [1.54, 1.807) is 7.11 Å². The Morgan fingerprint density at radius 1 is 1.03 bits per heavy atom. The second-order valence-corrected chi connectivity index (χ2v) is 7.96. The summed E-state index contributed by atoms with van der Waals surface area (Å²) in [7, 11) is 1.61. The summed E-state index contributed by atoms with van der Waals surface area (Å²) in [5.74, 6) is 0.450. The van der Waals surface area contributed by atoms with Crippen molar-refractivity contribution in [2.24, 2.45) is 11.1 Å². The molecule has 0 unspecified atom stereocenters. The van der Waals surface area contributed by atoms with Gasteiger partial charge in [-0.3, -0.25) is 5.10 Å². The minimum atomic E-state index is -0.214. The van der Waals surface area contributed by atoms with Gasteiger partial charge in [0.2, 0.25) is 0 Å². The van der Waals surface area contributed by atoms with Crippen LogP contribution in [0, 0.1) is 5.92 Å². The van der Waals surface area contributed by atoms with E-state index >= 15 is 0 Å². The van der Waals surface area contributed by atoms with E-state index in [2.05, 4.69) is 88.2 Å². The Bertz CT molecular complexity index is 1010. The van der Waals surface area contributed by atoms with Crippen molar-refractivity contribution in [1.29, 1.82) is 0 Å². The summed E-state index contributed by atoms with van der Waals surface area (Å²) in [5.41, 5.74) is 6.58. The highest BCUT2D eigenvalue weighted by Gasteiger charge is 2.38. The van der Waals surface area contributed by atoms with Crippen molar-refractivity contribution in [3.8, 4) is 0 Å². The van der Waals surface area contributed by atoms with Gasteiger partial charge >= 0.3 is 0 Å². The Morgan fingerprint density at radius 3 is 2.24 bits per heavy atom. The number of fused-ring (bicyclic) bond motifs is 1. The number of allylic oxidation sites excluding steroid dienone is 1. The molecule has 0 aliphatic heterocycles. The molecular formula is C25H25N3O. The van der Waals surface area contributed by atoms with Gasteiger partial charge in [0.05, 0.1) is 0 Å². The number of nitrogens with zero attached hydrogens (tertiary/aromatic N) is 2. The predicted octanol–water partition coefficient (Wildman–Crippen LogP) is 5.12. The van der Waals surface area contributed by atoms with Crippen LogP contribution in [0.4, 0.5) is 0 Å². The number of aromatic amines is 1. The standard InChI is InChI=1S/C25H25N3O/c1-29-28-23(18-9-8-10-18)24-21-15-16-25(17-22(21)26-27-24,19-11-4-2-5-12-19)20-13-6-3-7-14-20/h2-7,11-16,18H,8-10,17H2,1H3,(H,26,27). The average molecular weight is 383 g/mol. The lowest BCUT2D eigenvalue weighted by Crippen LogP contribution is -2.31. The molecule has 0 amide bonds. The van der Waals surface area contributed by atoms with Gasteiger partial charge in [0.1, 0.15) is 18.5 Å². The van der Waals surface area contributed by atoms with Crippen LogP contribution in [0.5, 0.6) is 0 Å². The highest BCUT2D eigenvalue weighted by Crippen LogP contribution is 2.42. The zero-order chi connectivity index (χ0) is 19.7. The summed E-state index contributed by atoms with van der Waals surface area (Å²) in [6, 6.07) is 21.4. The Morgan fingerprint density at radius 2 is 1.69 bits per heavy atom. The van der Waals surface area contributed by atoms with E-state index in [0.29, 0.717) is 5.92 Å². The molecule has 4 nitrogen and oxygen atoms in total.